The number of carbonyl (C=O) groups is 1. The third-order valence-corrected chi connectivity index (χ3v) is 3.72. The predicted octanol–water partition coefficient (Wildman–Crippen LogP) is 2.35. The zero-order valence-corrected chi connectivity index (χ0v) is 12.0. The minimum Gasteiger partial charge on any atom is -0.353 e. The first-order chi connectivity index (χ1) is 9.09. The zero-order chi connectivity index (χ0) is 13.7. The smallest absolute Gasteiger partial charge is 0.207 e. The number of nitrogens with one attached hydrogen (secondary N) is 1. The summed E-state index contributed by atoms with van der Waals surface area (Å²) >= 11 is 0. The predicted molar refractivity (Wildman–Crippen MR) is 77.9 cm³/mol. The highest BCUT2D eigenvalue weighted by Gasteiger charge is 2.17. The summed E-state index contributed by atoms with van der Waals surface area (Å²) in [5, 5.41) is 2.85. The van der Waals surface area contributed by atoms with Crippen LogP contribution in [0.4, 0.5) is 0 Å². The molecular formula is C16H24N2O. The molecule has 3 heteroatoms. The first-order valence-electron chi connectivity index (χ1n) is 7.11. The molecule has 1 aliphatic heterocycles. The van der Waals surface area contributed by atoms with Crippen LogP contribution >= 0.6 is 0 Å². The minimum absolute atomic E-state index is 0.182. The molecule has 1 heterocycles. The van der Waals surface area contributed by atoms with Crippen LogP contribution in [0.5, 0.6) is 0 Å². The van der Waals surface area contributed by atoms with Gasteiger partial charge in [-0.15, -0.1) is 0 Å². The highest BCUT2D eigenvalue weighted by atomic mass is 16.1. The lowest BCUT2D eigenvalue weighted by molar-refractivity contribution is -0.110. The highest BCUT2D eigenvalue weighted by molar-refractivity contribution is 5.48. The van der Waals surface area contributed by atoms with Gasteiger partial charge in [-0.25, -0.2) is 0 Å². The van der Waals surface area contributed by atoms with Gasteiger partial charge in [0.15, 0.2) is 0 Å². The van der Waals surface area contributed by atoms with E-state index >= 15 is 0 Å². The quantitative estimate of drug-likeness (QED) is 0.796. The summed E-state index contributed by atoms with van der Waals surface area (Å²) in [6.07, 6.45) is 4.31. The number of rotatable bonds is 6. The Bertz CT molecular complexity index is 405. The van der Waals surface area contributed by atoms with Gasteiger partial charge in [0.2, 0.25) is 6.41 Å². The fraction of sp³-hybridized carbons (Fsp3) is 0.562. The maximum Gasteiger partial charge on any atom is 0.207 e. The van der Waals surface area contributed by atoms with Crippen molar-refractivity contribution in [1.82, 2.24) is 10.2 Å². The molecule has 0 unspecified atom stereocenters. The van der Waals surface area contributed by atoms with Gasteiger partial charge in [-0.3, -0.25) is 9.69 Å². The van der Waals surface area contributed by atoms with Gasteiger partial charge in [-0.1, -0.05) is 24.3 Å². The maximum atomic E-state index is 10.5. The molecule has 0 bridgehead atoms. The third kappa shape index (κ3) is 4.35. The molecule has 0 aromatic heterocycles. The average molecular weight is 260 g/mol. The number of carbonyl (C=O) groups excluding carboxylic acids is 1. The van der Waals surface area contributed by atoms with Crippen LogP contribution < -0.4 is 5.32 Å². The van der Waals surface area contributed by atoms with Crippen LogP contribution in [0.25, 0.3) is 0 Å². The number of benzene rings is 1. The molecule has 0 spiro atoms. The van der Waals surface area contributed by atoms with Gasteiger partial charge in [0.1, 0.15) is 0 Å². The molecule has 0 saturated carbocycles. The molecule has 1 fully saturated rings. The lowest BCUT2D eigenvalue weighted by atomic mass is 9.94. The Hall–Kier alpha value is -1.35. The first-order valence-corrected chi connectivity index (χ1v) is 7.11. The molecule has 1 aromatic carbocycles. The lowest BCUT2D eigenvalue weighted by Crippen LogP contribution is -2.40. The number of likely N-dealkylation sites (tertiary alicyclic amines) is 1. The van der Waals surface area contributed by atoms with E-state index in [4.69, 9.17) is 0 Å². The number of hydrogen-bond donors (Lipinski definition) is 1. The van der Waals surface area contributed by atoms with Crippen LogP contribution in [0.2, 0.25) is 0 Å². The second-order valence-corrected chi connectivity index (χ2v) is 6.12. The molecule has 1 saturated heterocycles. The van der Waals surface area contributed by atoms with Crippen molar-refractivity contribution < 1.29 is 4.79 Å². The van der Waals surface area contributed by atoms with E-state index in [-0.39, 0.29) is 5.54 Å². The number of nitrogens with zero attached hydrogens (tertiary/aromatic N) is 1. The molecule has 1 N–H and O–H groups in total. The summed E-state index contributed by atoms with van der Waals surface area (Å²) in [6, 6.07) is 8.79. The average Bonchev–Trinajstić information content (AvgIpc) is 2.84. The number of hydrogen-bond acceptors (Lipinski definition) is 2. The molecule has 3 nitrogen and oxygen atoms in total. The van der Waals surface area contributed by atoms with Crippen LogP contribution in [-0.4, -0.2) is 29.9 Å². The van der Waals surface area contributed by atoms with Crippen molar-refractivity contribution in [1.29, 1.82) is 0 Å². The van der Waals surface area contributed by atoms with Crippen molar-refractivity contribution in [3.63, 3.8) is 0 Å². The lowest BCUT2D eigenvalue weighted by Gasteiger charge is -2.24. The molecule has 1 amide bonds. The van der Waals surface area contributed by atoms with Crippen molar-refractivity contribution >= 4 is 6.41 Å². The molecule has 0 atom stereocenters. The van der Waals surface area contributed by atoms with Crippen molar-refractivity contribution in [2.75, 3.05) is 13.1 Å². The third-order valence-electron chi connectivity index (χ3n) is 3.72. The summed E-state index contributed by atoms with van der Waals surface area (Å²) in [5.74, 6) is 0. The van der Waals surface area contributed by atoms with Gasteiger partial charge in [-0.05, 0) is 57.3 Å². The summed E-state index contributed by atoms with van der Waals surface area (Å²) < 4.78 is 0. The van der Waals surface area contributed by atoms with Crippen LogP contribution in [0.15, 0.2) is 24.3 Å². The molecule has 104 valence electrons. The minimum atomic E-state index is -0.182. The number of amides is 1. The van der Waals surface area contributed by atoms with E-state index in [9.17, 15) is 4.79 Å². The van der Waals surface area contributed by atoms with Crippen molar-refractivity contribution in [2.45, 2.75) is 45.2 Å². The normalized spacial score (nSPS) is 16.5. The Morgan fingerprint density at radius 1 is 1.16 bits per heavy atom. The van der Waals surface area contributed by atoms with Crippen LogP contribution in [0.3, 0.4) is 0 Å². The summed E-state index contributed by atoms with van der Waals surface area (Å²) in [5.41, 5.74) is 2.47. The molecule has 2 rings (SSSR count). The fourth-order valence-electron chi connectivity index (χ4n) is 2.68. The van der Waals surface area contributed by atoms with Gasteiger partial charge < -0.3 is 5.32 Å². The van der Waals surface area contributed by atoms with Crippen molar-refractivity contribution in [3.05, 3.63) is 35.4 Å². The Labute approximate surface area is 116 Å². The standard InChI is InChI=1S/C16H24N2O/c1-16(2,17-13-19)11-14-5-7-15(8-6-14)12-18-9-3-4-10-18/h5-8,13H,3-4,9-12H2,1-2H3,(H,17,19). The van der Waals surface area contributed by atoms with Gasteiger partial charge >= 0.3 is 0 Å². The van der Waals surface area contributed by atoms with E-state index in [0.29, 0.717) is 0 Å². The maximum absolute atomic E-state index is 10.5. The Kier molecular flexibility index (Phi) is 4.59. The van der Waals surface area contributed by atoms with Gasteiger partial charge in [-0.2, -0.15) is 0 Å². The van der Waals surface area contributed by atoms with Crippen LogP contribution in [0, 0.1) is 0 Å². The van der Waals surface area contributed by atoms with E-state index < -0.39 is 0 Å². The van der Waals surface area contributed by atoms with Gasteiger partial charge in [0.25, 0.3) is 0 Å². The van der Waals surface area contributed by atoms with Crippen LogP contribution in [0.1, 0.15) is 37.8 Å². The van der Waals surface area contributed by atoms with Crippen LogP contribution in [-0.2, 0) is 17.8 Å². The summed E-state index contributed by atoms with van der Waals surface area (Å²) in [7, 11) is 0. The van der Waals surface area contributed by atoms with E-state index in [0.717, 1.165) is 19.4 Å². The second-order valence-electron chi connectivity index (χ2n) is 6.12. The van der Waals surface area contributed by atoms with Crippen molar-refractivity contribution in [3.8, 4) is 0 Å². The Morgan fingerprint density at radius 3 is 2.32 bits per heavy atom. The van der Waals surface area contributed by atoms with E-state index in [1.807, 2.05) is 13.8 Å². The zero-order valence-electron chi connectivity index (χ0n) is 12.0. The van der Waals surface area contributed by atoms with E-state index in [2.05, 4.69) is 34.5 Å². The molecule has 1 aliphatic rings. The van der Waals surface area contributed by atoms with E-state index in [1.165, 1.54) is 37.1 Å². The summed E-state index contributed by atoms with van der Waals surface area (Å²) in [4.78, 5) is 13.0. The molecule has 0 aliphatic carbocycles. The molecule has 19 heavy (non-hydrogen) atoms. The Balaban J connectivity index is 1.92. The van der Waals surface area contributed by atoms with Gasteiger partial charge in [0, 0.05) is 12.1 Å². The highest BCUT2D eigenvalue weighted by Crippen LogP contribution is 2.16. The second kappa shape index (κ2) is 6.20. The summed E-state index contributed by atoms with van der Waals surface area (Å²) in [6.45, 7) is 7.62. The largest absolute Gasteiger partial charge is 0.353 e. The SMILES string of the molecule is CC(C)(Cc1ccc(CN2CCCC2)cc1)NC=O. The molecular weight excluding hydrogens is 236 g/mol. The topological polar surface area (TPSA) is 32.3 Å². The van der Waals surface area contributed by atoms with E-state index in [1.54, 1.807) is 0 Å². The Morgan fingerprint density at radius 2 is 1.74 bits per heavy atom. The van der Waals surface area contributed by atoms with Crippen molar-refractivity contribution in [2.24, 2.45) is 0 Å². The van der Waals surface area contributed by atoms with Gasteiger partial charge in [0.05, 0.1) is 0 Å². The monoisotopic (exact) mass is 260 g/mol. The first kappa shape index (κ1) is 14.1. The molecule has 1 aromatic rings. The molecule has 0 radical (unpaired) electrons. The fourth-order valence-corrected chi connectivity index (χ4v) is 2.68.